The molecule has 5 heteroatoms. The van der Waals surface area contributed by atoms with Crippen LogP contribution in [0, 0.1) is 0 Å². The van der Waals surface area contributed by atoms with Crippen LogP contribution in [0.15, 0.2) is 234 Å². The van der Waals surface area contributed by atoms with Crippen LogP contribution < -0.4 is 4.90 Å². The number of furan rings is 2. The van der Waals surface area contributed by atoms with Gasteiger partial charge in [0.15, 0.2) is 11.2 Å². The highest BCUT2D eigenvalue weighted by molar-refractivity contribution is 6.07. The van der Waals surface area contributed by atoms with Crippen molar-refractivity contribution < 1.29 is 8.83 Å². The number of rotatable bonds is 8. The molecule has 4 aromatic heterocycles. The van der Waals surface area contributed by atoms with Gasteiger partial charge in [0.1, 0.15) is 11.2 Å². The van der Waals surface area contributed by atoms with Crippen LogP contribution in [0.1, 0.15) is 0 Å². The Morgan fingerprint density at radius 3 is 1.22 bits per heavy atom. The summed E-state index contributed by atoms with van der Waals surface area (Å²) in [5.74, 6) is 0. The van der Waals surface area contributed by atoms with E-state index >= 15 is 0 Å². The summed E-state index contributed by atoms with van der Waals surface area (Å²) in [5, 5.41) is 4.19. The van der Waals surface area contributed by atoms with Gasteiger partial charge in [-0.15, -0.1) is 0 Å². The topological polar surface area (TPSA) is 55.3 Å². The molecule has 0 atom stereocenters. The average Bonchev–Trinajstić information content (AvgIpc) is 3.93. The molecular formula is C58H37N3O2. The summed E-state index contributed by atoms with van der Waals surface area (Å²) in [5.41, 5.74) is 16.5. The van der Waals surface area contributed by atoms with Gasteiger partial charge < -0.3 is 13.7 Å². The van der Waals surface area contributed by atoms with Gasteiger partial charge >= 0.3 is 0 Å². The molecule has 12 aromatic rings. The molecular weight excluding hydrogens is 771 g/mol. The molecule has 0 aliphatic carbocycles. The predicted octanol–water partition coefficient (Wildman–Crippen LogP) is 16.1. The number of fused-ring (bicyclic) bond motifs is 6. The van der Waals surface area contributed by atoms with E-state index in [1.807, 2.05) is 36.7 Å². The second-order valence-electron chi connectivity index (χ2n) is 15.8. The maximum Gasteiger partial charge on any atom is 0.153 e. The Bertz CT molecular complexity index is 3430. The van der Waals surface area contributed by atoms with Crippen molar-refractivity contribution in [3.8, 4) is 55.9 Å². The van der Waals surface area contributed by atoms with Gasteiger partial charge in [-0.25, -0.2) is 0 Å². The van der Waals surface area contributed by atoms with Gasteiger partial charge in [-0.3, -0.25) is 9.97 Å². The molecule has 0 amide bonds. The zero-order chi connectivity index (χ0) is 41.7. The first-order valence-corrected chi connectivity index (χ1v) is 21.1. The number of para-hydroxylation sites is 3. The fourth-order valence-corrected chi connectivity index (χ4v) is 8.91. The molecule has 0 saturated carbocycles. The standard InChI is InChI=1S/C58H37N3O2/c1-4-16-38(17-5-1)41-28-43(52-34-50-48-23-11-14-26-55(48)62-57(50)36-59-52)32-45(30-41)61(54-25-13-10-22-47(54)40-20-8-3-9-21-40)46-31-42(39-18-6-2-7-19-39)29-44(33-46)53-35-51-49-24-12-15-27-56(49)63-58(51)37-60-53/h1-37H. The Balaban J connectivity index is 1.14. The summed E-state index contributed by atoms with van der Waals surface area (Å²) in [7, 11) is 0. The molecule has 0 unspecified atom stereocenters. The molecule has 0 N–H and O–H groups in total. The van der Waals surface area contributed by atoms with Gasteiger partial charge in [-0.2, -0.15) is 0 Å². The average molecular weight is 808 g/mol. The SMILES string of the molecule is c1ccc(-c2cc(-c3cc4c(cn3)oc3ccccc34)cc(N(c3cc(-c4ccccc4)cc(-c4cc5c(cn4)oc4ccccc45)c3)c3ccccc3-c3ccccc3)c2)cc1. The molecule has 0 saturated heterocycles. The zero-order valence-corrected chi connectivity index (χ0v) is 34.0. The largest absolute Gasteiger partial charge is 0.454 e. The van der Waals surface area contributed by atoms with E-state index in [0.29, 0.717) is 0 Å². The van der Waals surface area contributed by atoms with Crippen molar-refractivity contribution in [1.29, 1.82) is 0 Å². The fourth-order valence-electron chi connectivity index (χ4n) is 8.91. The summed E-state index contributed by atoms with van der Waals surface area (Å²) in [6, 6.07) is 74.7. The predicted molar refractivity (Wildman–Crippen MR) is 258 cm³/mol. The highest BCUT2D eigenvalue weighted by atomic mass is 16.3. The lowest BCUT2D eigenvalue weighted by Gasteiger charge is -2.30. The summed E-state index contributed by atoms with van der Waals surface area (Å²) in [4.78, 5) is 12.5. The quantitative estimate of drug-likeness (QED) is 0.153. The van der Waals surface area contributed by atoms with Crippen molar-refractivity contribution in [3.63, 3.8) is 0 Å². The molecule has 0 fully saturated rings. The smallest absolute Gasteiger partial charge is 0.153 e. The minimum absolute atomic E-state index is 0.762. The van der Waals surface area contributed by atoms with E-state index in [0.717, 1.165) is 117 Å². The van der Waals surface area contributed by atoms with E-state index in [4.69, 9.17) is 18.8 Å². The van der Waals surface area contributed by atoms with Crippen LogP contribution in [-0.4, -0.2) is 9.97 Å². The molecule has 12 rings (SSSR count). The molecule has 0 aliphatic rings. The number of hydrogen-bond acceptors (Lipinski definition) is 5. The van der Waals surface area contributed by atoms with Crippen molar-refractivity contribution in [2.45, 2.75) is 0 Å². The number of hydrogen-bond donors (Lipinski definition) is 0. The Labute approximate surface area is 363 Å². The third-order valence-electron chi connectivity index (χ3n) is 11.9. The van der Waals surface area contributed by atoms with Gasteiger partial charge in [0.05, 0.1) is 29.5 Å². The second-order valence-corrected chi connectivity index (χ2v) is 15.8. The first kappa shape index (κ1) is 36.3. The monoisotopic (exact) mass is 807 g/mol. The minimum Gasteiger partial charge on any atom is -0.454 e. The molecule has 4 heterocycles. The number of nitrogens with zero attached hydrogens (tertiary/aromatic N) is 3. The van der Waals surface area contributed by atoms with Crippen LogP contribution in [0.5, 0.6) is 0 Å². The lowest BCUT2D eigenvalue weighted by atomic mass is 9.96. The number of aromatic nitrogens is 2. The third-order valence-corrected chi connectivity index (χ3v) is 11.9. The van der Waals surface area contributed by atoms with Gasteiger partial charge in [0.2, 0.25) is 0 Å². The lowest BCUT2D eigenvalue weighted by molar-refractivity contribution is 0.666. The minimum atomic E-state index is 0.762. The van der Waals surface area contributed by atoms with Crippen LogP contribution in [-0.2, 0) is 0 Å². The van der Waals surface area contributed by atoms with E-state index in [9.17, 15) is 0 Å². The molecule has 63 heavy (non-hydrogen) atoms. The summed E-state index contributed by atoms with van der Waals surface area (Å²) in [6.45, 7) is 0. The molecule has 0 aliphatic heterocycles. The first-order chi connectivity index (χ1) is 31.2. The van der Waals surface area contributed by atoms with Crippen LogP contribution in [0.25, 0.3) is 99.8 Å². The maximum absolute atomic E-state index is 6.22. The summed E-state index contributed by atoms with van der Waals surface area (Å²) >= 11 is 0. The van der Waals surface area contributed by atoms with E-state index in [2.05, 4.69) is 193 Å². The Hall–Kier alpha value is -8.54. The third kappa shape index (κ3) is 6.60. The van der Waals surface area contributed by atoms with Crippen molar-refractivity contribution in [1.82, 2.24) is 9.97 Å². The highest BCUT2D eigenvalue weighted by Gasteiger charge is 2.22. The number of pyridine rings is 2. The molecule has 296 valence electrons. The molecule has 8 aromatic carbocycles. The van der Waals surface area contributed by atoms with Crippen molar-refractivity contribution >= 4 is 60.9 Å². The fraction of sp³-hybridized carbons (Fsp3) is 0. The Morgan fingerprint density at radius 2 is 0.714 bits per heavy atom. The van der Waals surface area contributed by atoms with Crippen LogP contribution in [0.3, 0.4) is 0 Å². The van der Waals surface area contributed by atoms with Gasteiger partial charge in [-0.05, 0) is 94.5 Å². The van der Waals surface area contributed by atoms with Crippen LogP contribution in [0.2, 0.25) is 0 Å². The number of benzene rings is 8. The van der Waals surface area contributed by atoms with Crippen LogP contribution >= 0.6 is 0 Å². The summed E-state index contributed by atoms with van der Waals surface area (Å²) < 4.78 is 12.4. The molecule has 5 nitrogen and oxygen atoms in total. The normalized spacial score (nSPS) is 11.5. The summed E-state index contributed by atoms with van der Waals surface area (Å²) in [6.07, 6.45) is 3.70. The Morgan fingerprint density at radius 1 is 0.302 bits per heavy atom. The Kier molecular flexibility index (Phi) is 8.75. The number of anilines is 3. The maximum atomic E-state index is 6.22. The highest BCUT2D eigenvalue weighted by Crippen LogP contribution is 2.46. The van der Waals surface area contributed by atoms with Crippen molar-refractivity contribution in [2.75, 3.05) is 4.90 Å². The van der Waals surface area contributed by atoms with Crippen LogP contribution in [0.4, 0.5) is 17.1 Å². The van der Waals surface area contributed by atoms with Crippen molar-refractivity contribution in [3.05, 3.63) is 225 Å². The molecule has 0 spiro atoms. The van der Waals surface area contributed by atoms with Gasteiger partial charge in [0.25, 0.3) is 0 Å². The first-order valence-electron chi connectivity index (χ1n) is 21.1. The van der Waals surface area contributed by atoms with E-state index < -0.39 is 0 Å². The molecule has 0 bridgehead atoms. The van der Waals surface area contributed by atoms with E-state index in [1.165, 1.54) is 0 Å². The van der Waals surface area contributed by atoms with Crippen molar-refractivity contribution in [2.24, 2.45) is 0 Å². The van der Waals surface area contributed by atoms with Gasteiger partial charge in [-0.1, -0.05) is 146 Å². The van der Waals surface area contributed by atoms with Gasteiger partial charge in [0, 0.05) is 49.6 Å². The van der Waals surface area contributed by atoms with E-state index in [1.54, 1.807) is 0 Å². The lowest BCUT2D eigenvalue weighted by Crippen LogP contribution is -2.12. The molecule has 0 radical (unpaired) electrons. The second kappa shape index (κ2) is 15.2. The van der Waals surface area contributed by atoms with E-state index in [-0.39, 0.29) is 0 Å². The zero-order valence-electron chi connectivity index (χ0n) is 34.0.